The zero-order valence-electron chi connectivity index (χ0n) is 11.6. The van der Waals surface area contributed by atoms with Gasteiger partial charge in [0.15, 0.2) is 0 Å². The Balaban J connectivity index is 2.67. The quantitative estimate of drug-likeness (QED) is 0.855. The molecule has 18 heavy (non-hydrogen) atoms. The van der Waals surface area contributed by atoms with Crippen molar-refractivity contribution in [1.29, 1.82) is 0 Å². The summed E-state index contributed by atoms with van der Waals surface area (Å²) in [6, 6.07) is 6.44. The van der Waals surface area contributed by atoms with Crippen molar-refractivity contribution in [3.05, 3.63) is 35.5 Å². The first-order valence-corrected chi connectivity index (χ1v) is 6.32. The molecule has 1 heterocycles. The summed E-state index contributed by atoms with van der Waals surface area (Å²) in [6.07, 6.45) is 1.37. The van der Waals surface area contributed by atoms with Crippen LogP contribution in [0.5, 0.6) is 0 Å². The first-order valence-electron chi connectivity index (χ1n) is 6.32. The molecule has 0 radical (unpaired) electrons. The average molecular weight is 246 g/mol. The largest absolute Gasteiger partial charge is 0.387 e. The van der Waals surface area contributed by atoms with Crippen LogP contribution in [0.15, 0.2) is 24.4 Å². The molecule has 1 aromatic carbocycles. The van der Waals surface area contributed by atoms with E-state index >= 15 is 0 Å². The van der Waals surface area contributed by atoms with Gasteiger partial charge < -0.3 is 15.4 Å². The Morgan fingerprint density at radius 1 is 1.33 bits per heavy atom. The average Bonchev–Trinajstić information content (AvgIpc) is 2.64. The second-order valence-electron chi connectivity index (χ2n) is 5.93. The summed E-state index contributed by atoms with van der Waals surface area (Å²) < 4.78 is 2.04. The van der Waals surface area contributed by atoms with Crippen LogP contribution >= 0.6 is 0 Å². The lowest BCUT2D eigenvalue weighted by Gasteiger charge is -2.19. The number of aliphatic hydroxyl groups is 1. The molecule has 98 valence electrons. The fraction of sp³-hybridized carbons (Fsp3) is 0.467. The Labute approximate surface area is 108 Å². The molecule has 1 atom stereocenters. The van der Waals surface area contributed by atoms with Crippen molar-refractivity contribution in [1.82, 2.24) is 4.57 Å². The van der Waals surface area contributed by atoms with Gasteiger partial charge in [-0.2, -0.15) is 0 Å². The highest BCUT2D eigenvalue weighted by atomic mass is 16.3. The summed E-state index contributed by atoms with van der Waals surface area (Å²) in [4.78, 5) is 0. The molecule has 0 saturated heterocycles. The Morgan fingerprint density at radius 2 is 2.00 bits per heavy atom. The van der Waals surface area contributed by atoms with E-state index in [1.807, 2.05) is 17.8 Å². The van der Waals surface area contributed by atoms with Gasteiger partial charge in [-0.1, -0.05) is 26.8 Å². The molecule has 0 aliphatic carbocycles. The van der Waals surface area contributed by atoms with Crippen LogP contribution in [0.25, 0.3) is 10.9 Å². The van der Waals surface area contributed by atoms with Gasteiger partial charge in [0.2, 0.25) is 0 Å². The molecule has 0 saturated carbocycles. The van der Waals surface area contributed by atoms with E-state index in [0.29, 0.717) is 0 Å². The molecule has 3 N–H and O–H groups in total. The Bertz CT molecular complexity index is 564. The molecule has 1 aromatic heterocycles. The van der Waals surface area contributed by atoms with Crippen LogP contribution in [-0.4, -0.2) is 16.2 Å². The standard InChI is InChI=1S/C15H22N2O/c1-15(2,3)10-5-6-13-11(7-10)12(9-17(13)4)14(18)8-16/h5-7,9,14,18H,8,16H2,1-4H3. The summed E-state index contributed by atoms with van der Waals surface area (Å²) in [5.41, 5.74) is 8.99. The maximum atomic E-state index is 10.00. The van der Waals surface area contributed by atoms with Gasteiger partial charge in [-0.25, -0.2) is 0 Å². The van der Waals surface area contributed by atoms with E-state index in [0.717, 1.165) is 16.5 Å². The van der Waals surface area contributed by atoms with Gasteiger partial charge in [0.05, 0.1) is 6.10 Å². The number of benzene rings is 1. The predicted molar refractivity (Wildman–Crippen MR) is 75.6 cm³/mol. The molecular formula is C15H22N2O. The lowest BCUT2D eigenvalue weighted by atomic mass is 9.86. The number of nitrogens with zero attached hydrogens (tertiary/aromatic N) is 1. The van der Waals surface area contributed by atoms with E-state index in [2.05, 4.69) is 39.0 Å². The lowest BCUT2D eigenvalue weighted by molar-refractivity contribution is 0.188. The number of hydrogen-bond acceptors (Lipinski definition) is 2. The third kappa shape index (κ3) is 2.16. The zero-order valence-corrected chi connectivity index (χ0v) is 11.6. The molecule has 3 heteroatoms. The molecule has 0 fully saturated rings. The number of fused-ring (bicyclic) bond motifs is 1. The van der Waals surface area contributed by atoms with Gasteiger partial charge in [-0.3, -0.25) is 0 Å². The minimum Gasteiger partial charge on any atom is -0.387 e. The van der Waals surface area contributed by atoms with Gasteiger partial charge in [-0.15, -0.1) is 0 Å². The first-order chi connectivity index (χ1) is 8.34. The number of hydrogen-bond donors (Lipinski definition) is 2. The van der Waals surface area contributed by atoms with E-state index < -0.39 is 6.10 Å². The molecular weight excluding hydrogens is 224 g/mol. The summed E-state index contributed by atoms with van der Waals surface area (Å²) in [5, 5.41) is 11.1. The SMILES string of the molecule is Cn1cc(C(O)CN)c2cc(C(C)(C)C)ccc21. The van der Waals surface area contributed by atoms with E-state index in [9.17, 15) is 5.11 Å². The fourth-order valence-corrected chi connectivity index (χ4v) is 2.28. The highest BCUT2D eigenvalue weighted by Gasteiger charge is 2.18. The summed E-state index contributed by atoms with van der Waals surface area (Å²) in [6.45, 7) is 6.82. The smallest absolute Gasteiger partial charge is 0.0932 e. The van der Waals surface area contributed by atoms with E-state index in [1.54, 1.807) is 0 Å². The number of nitrogens with two attached hydrogens (primary N) is 1. The zero-order chi connectivity index (χ0) is 13.5. The third-order valence-corrected chi connectivity index (χ3v) is 3.47. The Kier molecular flexibility index (Phi) is 3.21. The molecule has 1 unspecified atom stereocenters. The minimum absolute atomic E-state index is 0.106. The molecule has 0 aliphatic rings. The Morgan fingerprint density at radius 3 is 2.56 bits per heavy atom. The fourth-order valence-electron chi connectivity index (χ4n) is 2.28. The van der Waals surface area contributed by atoms with Crippen LogP contribution in [0.3, 0.4) is 0 Å². The second kappa shape index (κ2) is 4.41. The van der Waals surface area contributed by atoms with Crippen LogP contribution in [-0.2, 0) is 12.5 Å². The summed E-state index contributed by atoms with van der Waals surface area (Å²) in [7, 11) is 1.99. The van der Waals surface area contributed by atoms with E-state index in [-0.39, 0.29) is 12.0 Å². The summed E-state index contributed by atoms with van der Waals surface area (Å²) in [5.74, 6) is 0. The monoisotopic (exact) mass is 246 g/mol. The maximum Gasteiger partial charge on any atom is 0.0932 e. The van der Waals surface area contributed by atoms with Gasteiger partial charge in [0.1, 0.15) is 0 Å². The first kappa shape index (κ1) is 13.1. The topological polar surface area (TPSA) is 51.2 Å². The van der Waals surface area contributed by atoms with Crippen molar-refractivity contribution in [2.75, 3.05) is 6.54 Å². The highest BCUT2D eigenvalue weighted by molar-refractivity contribution is 5.85. The van der Waals surface area contributed by atoms with Crippen LogP contribution in [0, 0.1) is 0 Å². The normalized spacial score (nSPS) is 14.1. The number of rotatable bonds is 2. The van der Waals surface area contributed by atoms with Crippen molar-refractivity contribution in [2.45, 2.75) is 32.3 Å². The van der Waals surface area contributed by atoms with Gasteiger partial charge in [0, 0.05) is 36.3 Å². The van der Waals surface area contributed by atoms with E-state index in [4.69, 9.17) is 5.73 Å². The van der Waals surface area contributed by atoms with Gasteiger partial charge >= 0.3 is 0 Å². The molecule has 0 spiro atoms. The van der Waals surface area contributed by atoms with Crippen LogP contribution in [0.4, 0.5) is 0 Å². The molecule has 0 amide bonds. The van der Waals surface area contributed by atoms with Gasteiger partial charge in [-0.05, 0) is 23.1 Å². The van der Waals surface area contributed by atoms with Crippen molar-refractivity contribution < 1.29 is 5.11 Å². The van der Waals surface area contributed by atoms with Crippen molar-refractivity contribution in [2.24, 2.45) is 12.8 Å². The molecule has 0 bridgehead atoms. The van der Waals surface area contributed by atoms with Crippen molar-refractivity contribution in [3.8, 4) is 0 Å². The molecule has 0 aliphatic heterocycles. The highest BCUT2D eigenvalue weighted by Crippen LogP contribution is 2.30. The van der Waals surface area contributed by atoms with Gasteiger partial charge in [0.25, 0.3) is 0 Å². The van der Waals surface area contributed by atoms with Crippen molar-refractivity contribution >= 4 is 10.9 Å². The third-order valence-electron chi connectivity index (χ3n) is 3.47. The van der Waals surface area contributed by atoms with Crippen molar-refractivity contribution in [3.63, 3.8) is 0 Å². The summed E-state index contributed by atoms with van der Waals surface area (Å²) >= 11 is 0. The minimum atomic E-state index is -0.594. The molecule has 2 aromatic rings. The van der Waals surface area contributed by atoms with Crippen LogP contribution < -0.4 is 5.73 Å². The number of aliphatic hydroxyl groups excluding tert-OH is 1. The number of aryl methyl sites for hydroxylation is 1. The maximum absolute atomic E-state index is 10.00. The Hall–Kier alpha value is -1.32. The predicted octanol–water partition coefficient (Wildman–Crippen LogP) is 2.47. The lowest BCUT2D eigenvalue weighted by Crippen LogP contribution is -2.12. The second-order valence-corrected chi connectivity index (χ2v) is 5.93. The number of aromatic nitrogens is 1. The molecule has 3 nitrogen and oxygen atoms in total. The molecule has 2 rings (SSSR count). The van der Waals surface area contributed by atoms with Crippen LogP contribution in [0.1, 0.15) is 38.0 Å². The van der Waals surface area contributed by atoms with Crippen LogP contribution in [0.2, 0.25) is 0 Å². The van der Waals surface area contributed by atoms with E-state index in [1.165, 1.54) is 5.56 Å².